The van der Waals surface area contributed by atoms with E-state index in [9.17, 15) is 18.8 Å². The SMILES string of the molecule is O=C1CNC(C(=O)Nc2cc(C(=O)O)ccc2F)CN1. The Hall–Kier alpha value is -2.48. The van der Waals surface area contributed by atoms with Crippen LogP contribution in [0.15, 0.2) is 18.2 Å². The Bertz CT molecular complexity index is 566. The van der Waals surface area contributed by atoms with Crippen LogP contribution in [0.2, 0.25) is 0 Å². The van der Waals surface area contributed by atoms with E-state index < -0.39 is 23.7 Å². The summed E-state index contributed by atoms with van der Waals surface area (Å²) >= 11 is 0. The quantitative estimate of drug-likeness (QED) is 0.600. The normalized spacial score (nSPS) is 18.2. The molecule has 106 valence electrons. The van der Waals surface area contributed by atoms with Crippen molar-refractivity contribution in [2.24, 2.45) is 0 Å². The van der Waals surface area contributed by atoms with Gasteiger partial charge in [-0.2, -0.15) is 0 Å². The van der Waals surface area contributed by atoms with Gasteiger partial charge >= 0.3 is 5.97 Å². The molecule has 1 atom stereocenters. The fourth-order valence-electron chi connectivity index (χ4n) is 1.73. The zero-order valence-corrected chi connectivity index (χ0v) is 10.3. The van der Waals surface area contributed by atoms with Gasteiger partial charge in [-0.05, 0) is 18.2 Å². The van der Waals surface area contributed by atoms with Crippen LogP contribution in [-0.4, -0.2) is 42.0 Å². The number of piperazine rings is 1. The third-order valence-corrected chi connectivity index (χ3v) is 2.80. The number of anilines is 1. The molecular weight excluding hydrogens is 269 g/mol. The highest BCUT2D eigenvalue weighted by Crippen LogP contribution is 2.16. The van der Waals surface area contributed by atoms with E-state index in [0.29, 0.717) is 0 Å². The molecule has 4 N–H and O–H groups in total. The second-order valence-electron chi connectivity index (χ2n) is 4.23. The largest absolute Gasteiger partial charge is 0.478 e. The van der Waals surface area contributed by atoms with Gasteiger partial charge in [-0.1, -0.05) is 0 Å². The highest BCUT2D eigenvalue weighted by Gasteiger charge is 2.24. The Kier molecular flexibility index (Phi) is 3.94. The Morgan fingerprint density at radius 2 is 2.15 bits per heavy atom. The van der Waals surface area contributed by atoms with Crippen LogP contribution >= 0.6 is 0 Å². The van der Waals surface area contributed by atoms with Crippen molar-refractivity contribution in [3.05, 3.63) is 29.6 Å². The molecule has 0 radical (unpaired) electrons. The fourth-order valence-corrected chi connectivity index (χ4v) is 1.73. The van der Waals surface area contributed by atoms with Gasteiger partial charge < -0.3 is 15.7 Å². The minimum Gasteiger partial charge on any atom is -0.478 e. The predicted molar refractivity (Wildman–Crippen MR) is 66.8 cm³/mol. The van der Waals surface area contributed by atoms with E-state index in [2.05, 4.69) is 16.0 Å². The summed E-state index contributed by atoms with van der Waals surface area (Å²) in [6.07, 6.45) is 0. The summed E-state index contributed by atoms with van der Waals surface area (Å²) in [7, 11) is 0. The molecule has 1 heterocycles. The maximum atomic E-state index is 13.5. The zero-order valence-electron chi connectivity index (χ0n) is 10.3. The van der Waals surface area contributed by atoms with Crippen LogP contribution in [0.5, 0.6) is 0 Å². The average Bonchev–Trinajstić information content (AvgIpc) is 2.41. The van der Waals surface area contributed by atoms with Crippen molar-refractivity contribution in [1.29, 1.82) is 0 Å². The minimum absolute atomic E-state index is 0.00423. The first-order chi connectivity index (χ1) is 9.47. The summed E-state index contributed by atoms with van der Waals surface area (Å²) in [5.41, 5.74) is -0.347. The molecule has 20 heavy (non-hydrogen) atoms. The number of benzene rings is 1. The highest BCUT2D eigenvalue weighted by molar-refractivity contribution is 5.98. The molecule has 0 aliphatic carbocycles. The number of rotatable bonds is 3. The van der Waals surface area contributed by atoms with Crippen LogP contribution < -0.4 is 16.0 Å². The molecule has 0 spiro atoms. The van der Waals surface area contributed by atoms with Gasteiger partial charge in [0.2, 0.25) is 11.8 Å². The Morgan fingerprint density at radius 3 is 2.75 bits per heavy atom. The molecule has 0 saturated carbocycles. The van der Waals surface area contributed by atoms with Crippen LogP contribution in [0.25, 0.3) is 0 Å². The van der Waals surface area contributed by atoms with Crippen LogP contribution in [0.4, 0.5) is 10.1 Å². The van der Waals surface area contributed by atoms with E-state index in [1.807, 2.05) is 0 Å². The topological polar surface area (TPSA) is 108 Å². The van der Waals surface area contributed by atoms with E-state index in [0.717, 1.165) is 18.2 Å². The highest BCUT2D eigenvalue weighted by atomic mass is 19.1. The molecule has 1 fully saturated rings. The van der Waals surface area contributed by atoms with Crippen LogP contribution in [0, 0.1) is 5.82 Å². The van der Waals surface area contributed by atoms with Gasteiger partial charge in [0.15, 0.2) is 0 Å². The lowest BCUT2D eigenvalue weighted by molar-refractivity contribution is -0.124. The third kappa shape index (κ3) is 3.09. The number of amides is 2. The van der Waals surface area contributed by atoms with Crippen molar-refractivity contribution < 1.29 is 23.9 Å². The van der Waals surface area contributed by atoms with E-state index in [1.54, 1.807) is 0 Å². The number of hydrogen-bond acceptors (Lipinski definition) is 4. The van der Waals surface area contributed by atoms with Gasteiger partial charge in [0.05, 0.1) is 17.8 Å². The van der Waals surface area contributed by atoms with E-state index >= 15 is 0 Å². The zero-order chi connectivity index (χ0) is 14.7. The summed E-state index contributed by atoms with van der Waals surface area (Å²) in [4.78, 5) is 33.6. The summed E-state index contributed by atoms with van der Waals surface area (Å²) in [5, 5.41) is 16.3. The third-order valence-electron chi connectivity index (χ3n) is 2.80. The van der Waals surface area contributed by atoms with Gasteiger partial charge in [0.25, 0.3) is 0 Å². The van der Waals surface area contributed by atoms with Gasteiger partial charge in [-0.3, -0.25) is 14.9 Å². The number of carbonyl (C=O) groups is 3. The van der Waals surface area contributed by atoms with Crippen molar-refractivity contribution in [3.8, 4) is 0 Å². The molecule has 1 saturated heterocycles. The number of carbonyl (C=O) groups excluding carboxylic acids is 2. The number of nitrogens with one attached hydrogen (secondary N) is 3. The maximum Gasteiger partial charge on any atom is 0.335 e. The molecule has 0 aromatic heterocycles. The lowest BCUT2D eigenvalue weighted by Crippen LogP contribution is -2.56. The predicted octanol–water partition coefficient (Wildman–Crippen LogP) is -0.450. The van der Waals surface area contributed by atoms with Crippen LogP contribution in [0.3, 0.4) is 0 Å². The molecule has 0 bridgehead atoms. The molecule has 8 heteroatoms. The van der Waals surface area contributed by atoms with E-state index in [4.69, 9.17) is 5.11 Å². The van der Waals surface area contributed by atoms with Gasteiger partial charge in [-0.25, -0.2) is 9.18 Å². The Balaban J connectivity index is 2.09. The van der Waals surface area contributed by atoms with Gasteiger partial charge in [0.1, 0.15) is 11.9 Å². The smallest absolute Gasteiger partial charge is 0.335 e. The van der Waals surface area contributed by atoms with Crippen LogP contribution in [0.1, 0.15) is 10.4 Å². The van der Waals surface area contributed by atoms with Crippen molar-refractivity contribution in [3.63, 3.8) is 0 Å². The molecule has 1 aliphatic rings. The first-order valence-corrected chi connectivity index (χ1v) is 5.81. The minimum atomic E-state index is -1.22. The number of carboxylic acids is 1. The molecular formula is C12H12FN3O4. The van der Waals surface area contributed by atoms with Gasteiger partial charge in [0, 0.05) is 6.54 Å². The second kappa shape index (κ2) is 5.66. The lowest BCUT2D eigenvalue weighted by atomic mass is 10.1. The molecule has 1 aromatic carbocycles. The number of hydrogen-bond donors (Lipinski definition) is 4. The summed E-state index contributed by atoms with van der Waals surface area (Å²) in [6, 6.07) is 2.42. The van der Waals surface area contributed by atoms with Crippen LogP contribution in [-0.2, 0) is 9.59 Å². The van der Waals surface area contributed by atoms with Gasteiger partial charge in [-0.15, -0.1) is 0 Å². The molecule has 1 aliphatic heterocycles. The Morgan fingerprint density at radius 1 is 1.40 bits per heavy atom. The molecule has 2 amide bonds. The molecule has 7 nitrogen and oxygen atoms in total. The monoisotopic (exact) mass is 281 g/mol. The Labute approximate surface area is 113 Å². The average molecular weight is 281 g/mol. The maximum absolute atomic E-state index is 13.5. The van der Waals surface area contributed by atoms with E-state index in [-0.39, 0.29) is 30.2 Å². The number of carboxylic acid groups (broad SMARTS) is 1. The first kappa shape index (κ1) is 13.9. The van der Waals surface area contributed by atoms with Crippen molar-refractivity contribution in [2.75, 3.05) is 18.4 Å². The summed E-state index contributed by atoms with van der Waals surface area (Å²) < 4.78 is 13.5. The summed E-state index contributed by atoms with van der Waals surface area (Å²) in [5.74, 6) is -2.73. The summed E-state index contributed by atoms with van der Waals surface area (Å²) in [6.45, 7) is 0.0840. The van der Waals surface area contributed by atoms with Crippen molar-refractivity contribution >= 4 is 23.5 Å². The number of aromatic carboxylic acids is 1. The van der Waals surface area contributed by atoms with E-state index in [1.165, 1.54) is 0 Å². The second-order valence-corrected chi connectivity index (χ2v) is 4.23. The standard InChI is InChI=1S/C12H12FN3O4/c13-7-2-1-6(12(19)20)3-8(7)16-11(18)9-4-15-10(17)5-14-9/h1-3,9,14H,4-5H2,(H,15,17)(H,16,18)(H,19,20). The van der Waals surface area contributed by atoms with Crippen molar-refractivity contribution in [1.82, 2.24) is 10.6 Å². The molecule has 1 unspecified atom stereocenters. The molecule has 2 rings (SSSR count). The fraction of sp³-hybridized carbons (Fsp3) is 0.250. The lowest BCUT2D eigenvalue weighted by Gasteiger charge is -2.23. The number of halogens is 1. The first-order valence-electron chi connectivity index (χ1n) is 5.81. The molecule has 1 aromatic rings. The van der Waals surface area contributed by atoms with Crippen molar-refractivity contribution in [2.45, 2.75) is 6.04 Å².